The molecule has 0 bridgehead atoms. The van der Waals surface area contributed by atoms with E-state index in [2.05, 4.69) is 31.0 Å². The Morgan fingerprint density at radius 3 is 2.33 bits per heavy atom. The zero-order valence-corrected chi connectivity index (χ0v) is 11.0. The molecule has 94 valence electrons. The van der Waals surface area contributed by atoms with Gasteiger partial charge in [-0.3, -0.25) is 0 Å². The van der Waals surface area contributed by atoms with Crippen LogP contribution in [0, 0.1) is 6.92 Å². The van der Waals surface area contributed by atoms with Crippen molar-refractivity contribution in [1.29, 1.82) is 0 Å². The van der Waals surface area contributed by atoms with Crippen LogP contribution in [-0.2, 0) is 0 Å². The molecule has 18 heavy (non-hydrogen) atoms. The van der Waals surface area contributed by atoms with Crippen LogP contribution in [0.1, 0.15) is 31.0 Å². The van der Waals surface area contributed by atoms with Crippen molar-refractivity contribution in [3.63, 3.8) is 0 Å². The number of nitrogen functional groups attached to an aromatic ring is 1. The molecule has 0 saturated carbocycles. The van der Waals surface area contributed by atoms with Gasteiger partial charge in [-0.2, -0.15) is 0 Å². The second kappa shape index (κ2) is 5.08. The number of benzene rings is 1. The summed E-state index contributed by atoms with van der Waals surface area (Å²) in [5.41, 5.74) is 8.55. The van der Waals surface area contributed by atoms with E-state index in [9.17, 15) is 0 Å². The number of anilines is 1. The lowest BCUT2D eigenvalue weighted by Crippen LogP contribution is -1.96. The van der Waals surface area contributed by atoms with Crippen molar-refractivity contribution in [3.05, 3.63) is 47.7 Å². The summed E-state index contributed by atoms with van der Waals surface area (Å²) in [4.78, 5) is 4.28. The van der Waals surface area contributed by atoms with Crippen molar-refractivity contribution >= 4 is 5.69 Å². The van der Waals surface area contributed by atoms with Gasteiger partial charge in [0.1, 0.15) is 5.75 Å². The minimum absolute atomic E-state index is 0.465. The first-order valence-corrected chi connectivity index (χ1v) is 6.07. The van der Waals surface area contributed by atoms with E-state index in [0.717, 1.165) is 11.4 Å². The van der Waals surface area contributed by atoms with Crippen LogP contribution in [0.5, 0.6) is 11.6 Å². The molecule has 3 heteroatoms. The number of nitrogens with two attached hydrogens (primary N) is 1. The van der Waals surface area contributed by atoms with Gasteiger partial charge in [0.05, 0.1) is 5.69 Å². The van der Waals surface area contributed by atoms with E-state index in [0.29, 0.717) is 17.5 Å². The molecule has 3 nitrogen and oxygen atoms in total. The van der Waals surface area contributed by atoms with Gasteiger partial charge < -0.3 is 10.5 Å². The Labute approximate surface area is 108 Å². The Kier molecular flexibility index (Phi) is 3.51. The van der Waals surface area contributed by atoms with E-state index in [1.165, 1.54) is 5.56 Å². The smallest absolute Gasteiger partial charge is 0.242 e. The highest BCUT2D eigenvalue weighted by Crippen LogP contribution is 2.26. The molecular weight excluding hydrogens is 224 g/mol. The van der Waals surface area contributed by atoms with Gasteiger partial charge in [-0.15, -0.1) is 0 Å². The molecule has 1 aromatic heterocycles. The molecule has 0 aliphatic carbocycles. The molecule has 0 atom stereocenters. The molecule has 0 spiro atoms. The minimum Gasteiger partial charge on any atom is -0.437 e. The van der Waals surface area contributed by atoms with Gasteiger partial charge >= 0.3 is 0 Å². The third kappa shape index (κ3) is 2.80. The summed E-state index contributed by atoms with van der Waals surface area (Å²) in [6.07, 6.45) is 0. The van der Waals surface area contributed by atoms with E-state index in [1.807, 2.05) is 25.1 Å². The Morgan fingerprint density at radius 1 is 1.06 bits per heavy atom. The number of nitrogens with zero attached hydrogens (tertiary/aromatic N) is 1. The second-order valence-corrected chi connectivity index (χ2v) is 4.67. The number of hydrogen-bond acceptors (Lipinski definition) is 3. The van der Waals surface area contributed by atoms with Crippen LogP contribution in [0.3, 0.4) is 0 Å². The van der Waals surface area contributed by atoms with Crippen LogP contribution >= 0.6 is 0 Å². The average Bonchev–Trinajstić information content (AvgIpc) is 2.34. The summed E-state index contributed by atoms with van der Waals surface area (Å²) < 4.78 is 5.69. The fraction of sp³-hybridized carbons (Fsp3) is 0.267. The van der Waals surface area contributed by atoms with Gasteiger partial charge in [0.2, 0.25) is 5.88 Å². The monoisotopic (exact) mass is 242 g/mol. The number of pyridine rings is 1. The predicted octanol–water partition coefficient (Wildman–Crippen LogP) is 3.89. The predicted molar refractivity (Wildman–Crippen MR) is 74.0 cm³/mol. The van der Waals surface area contributed by atoms with E-state index in [1.54, 1.807) is 6.07 Å². The Morgan fingerprint density at radius 2 is 1.72 bits per heavy atom. The number of rotatable bonds is 3. The van der Waals surface area contributed by atoms with Gasteiger partial charge in [-0.05, 0) is 42.7 Å². The van der Waals surface area contributed by atoms with Crippen molar-refractivity contribution in [2.24, 2.45) is 0 Å². The first-order chi connectivity index (χ1) is 8.56. The summed E-state index contributed by atoms with van der Waals surface area (Å²) in [5, 5.41) is 0. The van der Waals surface area contributed by atoms with Gasteiger partial charge in [-0.1, -0.05) is 26.0 Å². The van der Waals surface area contributed by atoms with Gasteiger partial charge in [-0.25, -0.2) is 4.98 Å². The summed E-state index contributed by atoms with van der Waals surface area (Å²) in [5.74, 6) is 1.73. The largest absolute Gasteiger partial charge is 0.437 e. The third-order valence-electron chi connectivity index (χ3n) is 2.79. The highest BCUT2D eigenvalue weighted by molar-refractivity contribution is 5.50. The SMILES string of the molecule is Cc1ccc(N)c(Oc2ccc(C(C)C)cc2)n1. The summed E-state index contributed by atoms with van der Waals surface area (Å²) in [6.45, 7) is 6.24. The maximum atomic E-state index is 5.83. The van der Waals surface area contributed by atoms with Crippen LogP contribution < -0.4 is 10.5 Å². The summed E-state index contributed by atoms with van der Waals surface area (Å²) in [6, 6.07) is 11.7. The molecule has 0 amide bonds. The number of hydrogen-bond donors (Lipinski definition) is 1. The molecular formula is C15H18N2O. The molecule has 2 rings (SSSR count). The lowest BCUT2D eigenvalue weighted by Gasteiger charge is -2.09. The van der Waals surface area contributed by atoms with Crippen molar-refractivity contribution in [3.8, 4) is 11.6 Å². The zero-order chi connectivity index (χ0) is 13.1. The fourth-order valence-corrected chi connectivity index (χ4v) is 1.66. The molecule has 0 radical (unpaired) electrons. The first kappa shape index (κ1) is 12.4. The van der Waals surface area contributed by atoms with Crippen molar-refractivity contribution in [2.45, 2.75) is 26.7 Å². The molecule has 1 aromatic carbocycles. The minimum atomic E-state index is 0.465. The standard InChI is InChI=1S/C15H18N2O/c1-10(2)12-5-7-13(8-6-12)18-15-14(16)9-4-11(3)17-15/h4-10H,16H2,1-3H3. The number of aromatic nitrogens is 1. The lowest BCUT2D eigenvalue weighted by atomic mass is 10.0. The van der Waals surface area contributed by atoms with Gasteiger partial charge in [0.25, 0.3) is 0 Å². The van der Waals surface area contributed by atoms with Gasteiger partial charge in [0.15, 0.2) is 0 Å². The zero-order valence-electron chi connectivity index (χ0n) is 11.0. The molecule has 2 aromatic rings. The molecule has 0 unspecified atom stereocenters. The quantitative estimate of drug-likeness (QED) is 0.888. The molecule has 2 N–H and O–H groups in total. The lowest BCUT2D eigenvalue weighted by molar-refractivity contribution is 0.464. The molecule has 0 fully saturated rings. The maximum Gasteiger partial charge on any atom is 0.242 e. The van der Waals surface area contributed by atoms with Crippen molar-refractivity contribution in [1.82, 2.24) is 4.98 Å². The molecule has 1 heterocycles. The highest BCUT2D eigenvalue weighted by atomic mass is 16.5. The van der Waals surface area contributed by atoms with Crippen LogP contribution in [0.15, 0.2) is 36.4 Å². The fourth-order valence-electron chi connectivity index (χ4n) is 1.66. The van der Waals surface area contributed by atoms with E-state index in [4.69, 9.17) is 10.5 Å². The Hall–Kier alpha value is -2.03. The maximum absolute atomic E-state index is 5.83. The summed E-state index contributed by atoms with van der Waals surface area (Å²) >= 11 is 0. The van der Waals surface area contributed by atoms with Crippen LogP contribution in [0.4, 0.5) is 5.69 Å². The van der Waals surface area contributed by atoms with Crippen LogP contribution in [0.25, 0.3) is 0 Å². The average molecular weight is 242 g/mol. The first-order valence-electron chi connectivity index (χ1n) is 6.07. The van der Waals surface area contributed by atoms with E-state index >= 15 is 0 Å². The van der Waals surface area contributed by atoms with Crippen LogP contribution in [0.2, 0.25) is 0 Å². The van der Waals surface area contributed by atoms with E-state index in [-0.39, 0.29) is 0 Å². The molecule has 0 saturated heterocycles. The second-order valence-electron chi connectivity index (χ2n) is 4.67. The Bertz CT molecular complexity index is 533. The normalized spacial score (nSPS) is 10.7. The topological polar surface area (TPSA) is 48.1 Å². The summed E-state index contributed by atoms with van der Waals surface area (Å²) in [7, 11) is 0. The third-order valence-corrected chi connectivity index (χ3v) is 2.79. The number of ether oxygens (including phenoxy) is 1. The molecule has 0 aliphatic heterocycles. The molecule has 0 aliphatic rings. The van der Waals surface area contributed by atoms with Crippen molar-refractivity contribution < 1.29 is 4.74 Å². The van der Waals surface area contributed by atoms with Crippen LogP contribution in [-0.4, -0.2) is 4.98 Å². The van der Waals surface area contributed by atoms with E-state index < -0.39 is 0 Å². The Balaban J connectivity index is 2.21. The number of aryl methyl sites for hydroxylation is 1. The van der Waals surface area contributed by atoms with Crippen molar-refractivity contribution in [2.75, 3.05) is 5.73 Å². The van der Waals surface area contributed by atoms with Gasteiger partial charge in [0, 0.05) is 5.69 Å². The highest BCUT2D eigenvalue weighted by Gasteiger charge is 2.05.